The Labute approximate surface area is 207 Å². The second-order valence-corrected chi connectivity index (χ2v) is 8.45. The number of carbonyl (C=O) groups is 3. The summed E-state index contributed by atoms with van der Waals surface area (Å²) in [4.78, 5) is 40.3. The largest absolute Gasteiger partial charge is 0.503 e. The van der Waals surface area contributed by atoms with Crippen LogP contribution in [0.4, 0.5) is 5.69 Å². The van der Waals surface area contributed by atoms with Gasteiger partial charge in [0.1, 0.15) is 5.58 Å². The van der Waals surface area contributed by atoms with Gasteiger partial charge in [-0.2, -0.15) is 0 Å². The zero-order valence-electron chi connectivity index (χ0n) is 19.7. The van der Waals surface area contributed by atoms with Gasteiger partial charge < -0.3 is 14.3 Å². The third-order valence-electron chi connectivity index (χ3n) is 6.37. The molecule has 3 aromatic carbocycles. The summed E-state index contributed by atoms with van der Waals surface area (Å²) in [5.41, 5.74) is 2.94. The lowest BCUT2D eigenvalue weighted by molar-refractivity contribution is -0.117. The number of aliphatic hydroxyl groups excluding tert-OH is 1. The SMILES string of the molecule is CCc1ccc(C2C(C(=O)c3cc4ccccc4o3)=C(O)C(=O)N2c2ccc(C(=O)OC)cc2)cc1. The van der Waals surface area contributed by atoms with Crippen molar-refractivity contribution in [3.05, 3.63) is 113 Å². The molecule has 0 saturated heterocycles. The molecule has 1 N–H and O–H groups in total. The number of para-hydroxylation sites is 1. The first-order valence-corrected chi connectivity index (χ1v) is 11.5. The second-order valence-electron chi connectivity index (χ2n) is 8.45. The number of furan rings is 1. The normalized spacial score (nSPS) is 15.6. The van der Waals surface area contributed by atoms with Crippen molar-refractivity contribution in [2.45, 2.75) is 19.4 Å². The highest BCUT2D eigenvalue weighted by Gasteiger charge is 2.45. The molecule has 1 aliphatic rings. The van der Waals surface area contributed by atoms with Gasteiger partial charge in [0, 0.05) is 11.1 Å². The fourth-order valence-electron chi connectivity index (χ4n) is 4.46. The third kappa shape index (κ3) is 3.84. The summed E-state index contributed by atoms with van der Waals surface area (Å²) in [6.45, 7) is 2.03. The van der Waals surface area contributed by atoms with Gasteiger partial charge in [0.25, 0.3) is 5.91 Å². The maximum atomic E-state index is 13.7. The Morgan fingerprint density at radius 3 is 2.33 bits per heavy atom. The van der Waals surface area contributed by atoms with E-state index >= 15 is 0 Å². The predicted octanol–water partition coefficient (Wildman–Crippen LogP) is 5.56. The fraction of sp³-hybridized carbons (Fsp3) is 0.138. The maximum Gasteiger partial charge on any atom is 0.337 e. The number of aryl methyl sites for hydroxylation is 1. The van der Waals surface area contributed by atoms with Crippen LogP contribution in [-0.4, -0.2) is 29.9 Å². The van der Waals surface area contributed by atoms with Crippen molar-refractivity contribution in [1.29, 1.82) is 0 Å². The minimum Gasteiger partial charge on any atom is -0.503 e. The van der Waals surface area contributed by atoms with E-state index in [2.05, 4.69) is 0 Å². The Hall–Kier alpha value is -4.65. The molecule has 5 rings (SSSR count). The van der Waals surface area contributed by atoms with Crippen LogP contribution >= 0.6 is 0 Å². The highest BCUT2D eigenvalue weighted by atomic mass is 16.5. The maximum absolute atomic E-state index is 13.7. The molecule has 1 aliphatic heterocycles. The van der Waals surface area contributed by atoms with Gasteiger partial charge in [-0.05, 0) is 53.9 Å². The number of hydrogen-bond donors (Lipinski definition) is 1. The molecule has 1 aromatic heterocycles. The van der Waals surface area contributed by atoms with E-state index in [4.69, 9.17) is 9.15 Å². The molecule has 2 heterocycles. The minimum absolute atomic E-state index is 0.0311. The number of fused-ring (bicyclic) bond motifs is 1. The number of aliphatic hydroxyl groups is 1. The fourth-order valence-corrected chi connectivity index (χ4v) is 4.46. The van der Waals surface area contributed by atoms with Gasteiger partial charge in [-0.25, -0.2) is 4.79 Å². The minimum atomic E-state index is -0.895. The van der Waals surface area contributed by atoms with Gasteiger partial charge in [0.05, 0.1) is 24.3 Å². The van der Waals surface area contributed by atoms with E-state index in [0.29, 0.717) is 22.4 Å². The summed E-state index contributed by atoms with van der Waals surface area (Å²) in [5.74, 6) is -2.41. The topological polar surface area (TPSA) is 97.0 Å². The van der Waals surface area contributed by atoms with Gasteiger partial charge in [-0.3, -0.25) is 14.5 Å². The Morgan fingerprint density at radius 2 is 1.69 bits per heavy atom. The Bertz CT molecular complexity index is 1480. The van der Waals surface area contributed by atoms with Gasteiger partial charge in [-0.15, -0.1) is 0 Å². The highest BCUT2D eigenvalue weighted by Crippen LogP contribution is 2.42. The van der Waals surface area contributed by atoms with Crippen LogP contribution in [0.15, 0.2) is 94.6 Å². The van der Waals surface area contributed by atoms with Gasteiger partial charge in [0.2, 0.25) is 5.78 Å². The molecule has 1 atom stereocenters. The van der Waals surface area contributed by atoms with E-state index in [1.807, 2.05) is 43.3 Å². The van der Waals surface area contributed by atoms with E-state index in [9.17, 15) is 19.5 Å². The summed E-state index contributed by atoms with van der Waals surface area (Å²) in [5, 5.41) is 11.7. The molecule has 0 spiro atoms. The molecule has 1 unspecified atom stereocenters. The van der Waals surface area contributed by atoms with Crippen molar-refractivity contribution in [3.8, 4) is 0 Å². The van der Waals surface area contributed by atoms with Crippen LogP contribution in [0.2, 0.25) is 0 Å². The van der Waals surface area contributed by atoms with Crippen LogP contribution in [0.1, 0.15) is 45.0 Å². The molecule has 0 aliphatic carbocycles. The number of carbonyl (C=O) groups excluding carboxylic acids is 3. The number of ether oxygens (including phenoxy) is 1. The molecule has 0 fully saturated rings. The molecule has 7 nitrogen and oxygen atoms in total. The predicted molar refractivity (Wildman–Crippen MR) is 134 cm³/mol. The third-order valence-corrected chi connectivity index (χ3v) is 6.37. The van der Waals surface area contributed by atoms with Gasteiger partial charge in [-0.1, -0.05) is 49.4 Å². The molecular formula is C29H23NO6. The number of anilines is 1. The average Bonchev–Trinajstić information content (AvgIpc) is 3.47. The number of hydrogen-bond acceptors (Lipinski definition) is 6. The molecule has 0 bridgehead atoms. The van der Waals surface area contributed by atoms with Crippen molar-refractivity contribution in [3.63, 3.8) is 0 Å². The summed E-state index contributed by atoms with van der Waals surface area (Å²) in [6, 6.07) is 21.7. The highest BCUT2D eigenvalue weighted by molar-refractivity contribution is 6.20. The van der Waals surface area contributed by atoms with E-state index in [0.717, 1.165) is 17.4 Å². The number of ketones is 1. The zero-order chi connectivity index (χ0) is 25.4. The molecule has 4 aromatic rings. The lowest BCUT2D eigenvalue weighted by Gasteiger charge is -2.27. The van der Waals surface area contributed by atoms with Crippen molar-refractivity contribution < 1.29 is 28.6 Å². The number of amides is 1. The van der Waals surface area contributed by atoms with Crippen molar-refractivity contribution in [2.24, 2.45) is 0 Å². The quantitative estimate of drug-likeness (QED) is 0.286. The smallest absolute Gasteiger partial charge is 0.337 e. The van der Waals surface area contributed by atoms with E-state index < -0.39 is 29.5 Å². The summed E-state index contributed by atoms with van der Waals surface area (Å²) in [6.07, 6.45) is 0.828. The average molecular weight is 482 g/mol. The van der Waals surface area contributed by atoms with Crippen molar-refractivity contribution >= 4 is 34.3 Å². The Morgan fingerprint density at radius 1 is 1.00 bits per heavy atom. The first-order valence-electron chi connectivity index (χ1n) is 11.5. The van der Waals surface area contributed by atoms with Crippen LogP contribution in [-0.2, 0) is 16.0 Å². The number of Topliss-reactive ketones (excluding diaryl/α,β-unsaturated/α-hetero) is 1. The van der Waals surface area contributed by atoms with Crippen LogP contribution in [0, 0.1) is 0 Å². The first kappa shape index (κ1) is 23.1. The molecule has 0 radical (unpaired) electrons. The van der Waals surface area contributed by atoms with Gasteiger partial charge in [0.15, 0.2) is 11.5 Å². The lowest BCUT2D eigenvalue weighted by Crippen LogP contribution is -2.31. The molecule has 7 heteroatoms. The molecule has 0 saturated carbocycles. The number of esters is 1. The second kappa shape index (κ2) is 9.19. The molecule has 36 heavy (non-hydrogen) atoms. The summed E-state index contributed by atoms with van der Waals surface area (Å²) >= 11 is 0. The van der Waals surface area contributed by atoms with E-state index in [1.54, 1.807) is 30.3 Å². The molecule has 1 amide bonds. The number of rotatable bonds is 6. The standard InChI is InChI=1S/C29H23NO6/c1-3-17-8-10-18(11-9-17)25-24(26(31)23-16-20-6-4-5-7-22(20)36-23)27(32)28(33)30(25)21-14-12-19(13-15-21)29(34)35-2/h4-16,25,32H,3H2,1-2H3. The number of nitrogens with zero attached hydrogens (tertiary/aromatic N) is 1. The number of methoxy groups -OCH3 is 1. The molecule has 180 valence electrons. The number of benzene rings is 3. The zero-order valence-corrected chi connectivity index (χ0v) is 19.7. The molecular weight excluding hydrogens is 458 g/mol. The van der Waals surface area contributed by atoms with Crippen molar-refractivity contribution in [1.82, 2.24) is 0 Å². The van der Waals surface area contributed by atoms with E-state index in [1.165, 1.54) is 24.1 Å². The van der Waals surface area contributed by atoms with Crippen LogP contribution in [0.25, 0.3) is 11.0 Å². The monoisotopic (exact) mass is 481 g/mol. The van der Waals surface area contributed by atoms with Crippen LogP contribution in [0.5, 0.6) is 0 Å². The summed E-state index contributed by atoms with van der Waals surface area (Å²) < 4.78 is 10.5. The van der Waals surface area contributed by atoms with Crippen LogP contribution < -0.4 is 4.90 Å². The van der Waals surface area contributed by atoms with Crippen molar-refractivity contribution in [2.75, 3.05) is 12.0 Å². The Kier molecular flexibility index (Phi) is 5.90. The Balaban J connectivity index is 1.62. The van der Waals surface area contributed by atoms with E-state index in [-0.39, 0.29) is 11.3 Å². The lowest BCUT2D eigenvalue weighted by atomic mass is 9.93. The van der Waals surface area contributed by atoms with Gasteiger partial charge >= 0.3 is 5.97 Å². The van der Waals surface area contributed by atoms with Crippen LogP contribution in [0.3, 0.4) is 0 Å². The summed E-state index contributed by atoms with van der Waals surface area (Å²) in [7, 11) is 1.29. The first-order chi connectivity index (χ1) is 17.4.